The zero-order valence-electron chi connectivity index (χ0n) is 15.3. The fourth-order valence-corrected chi connectivity index (χ4v) is 3.57. The van der Waals surface area contributed by atoms with Crippen LogP contribution >= 0.6 is 24.8 Å². The third-order valence-electron chi connectivity index (χ3n) is 5.00. The standard InChI is InChI=1S/C19H31N3O.2ClH/c1-3-22(4-2)18(12-15-8-6-5-7-9-15)14-21-19(23)16-10-11-17(20)13-16;;/h5-9,16-18H,3-4,10-14,20H2,1-2H3,(H,21,23);2*1H. The van der Waals surface area contributed by atoms with Gasteiger partial charge in [-0.1, -0.05) is 44.2 Å². The third-order valence-corrected chi connectivity index (χ3v) is 5.00. The fourth-order valence-electron chi connectivity index (χ4n) is 3.57. The molecule has 25 heavy (non-hydrogen) atoms. The van der Waals surface area contributed by atoms with Crippen LogP contribution in [0.4, 0.5) is 0 Å². The quantitative estimate of drug-likeness (QED) is 0.718. The molecule has 3 atom stereocenters. The first-order chi connectivity index (χ1) is 11.1. The molecule has 1 amide bonds. The summed E-state index contributed by atoms with van der Waals surface area (Å²) in [5.74, 6) is 0.294. The number of likely N-dealkylation sites (N-methyl/N-ethyl adjacent to an activating group) is 1. The number of halogens is 2. The summed E-state index contributed by atoms with van der Waals surface area (Å²) in [6.07, 6.45) is 3.70. The summed E-state index contributed by atoms with van der Waals surface area (Å²) in [5.41, 5.74) is 7.24. The number of rotatable bonds is 8. The molecule has 1 aromatic rings. The molecule has 2 rings (SSSR count). The maximum atomic E-state index is 12.4. The van der Waals surface area contributed by atoms with Gasteiger partial charge in [0.2, 0.25) is 5.91 Å². The monoisotopic (exact) mass is 389 g/mol. The molecule has 6 heteroatoms. The van der Waals surface area contributed by atoms with E-state index in [2.05, 4.69) is 48.3 Å². The number of nitrogens with two attached hydrogens (primary N) is 1. The maximum absolute atomic E-state index is 12.4. The Labute approximate surface area is 164 Å². The van der Waals surface area contributed by atoms with Gasteiger partial charge >= 0.3 is 0 Å². The van der Waals surface area contributed by atoms with Crippen molar-refractivity contribution in [3.05, 3.63) is 35.9 Å². The summed E-state index contributed by atoms with van der Waals surface area (Å²) in [6.45, 7) is 7.07. The highest BCUT2D eigenvalue weighted by Crippen LogP contribution is 2.24. The van der Waals surface area contributed by atoms with Gasteiger partial charge in [-0.25, -0.2) is 0 Å². The summed E-state index contributed by atoms with van der Waals surface area (Å²) in [5, 5.41) is 3.18. The Morgan fingerprint density at radius 1 is 1.20 bits per heavy atom. The second-order valence-corrected chi connectivity index (χ2v) is 6.58. The number of amides is 1. The Bertz CT molecular complexity index is 483. The Hall–Kier alpha value is -0.810. The van der Waals surface area contributed by atoms with Crippen molar-refractivity contribution >= 4 is 30.7 Å². The van der Waals surface area contributed by atoms with E-state index in [0.717, 1.165) is 38.8 Å². The van der Waals surface area contributed by atoms with Crippen molar-refractivity contribution in [2.24, 2.45) is 11.7 Å². The van der Waals surface area contributed by atoms with Crippen molar-refractivity contribution in [3.8, 4) is 0 Å². The molecule has 3 unspecified atom stereocenters. The highest BCUT2D eigenvalue weighted by molar-refractivity contribution is 5.85. The number of carbonyl (C=O) groups is 1. The fraction of sp³-hybridized carbons (Fsp3) is 0.632. The lowest BCUT2D eigenvalue weighted by atomic mass is 10.0. The van der Waals surface area contributed by atoms with Crippen molar-refractivity contribution in [1.29, 1.82) is 0 Å². The van der Waals surface area contributed by atoms with Crippen molar-refractivity contribution in [2.45, 2.75) is 51.6 Å². The van der Waals surface area contributed by atoms with E-state index in [1.807, 2.05) is 6.07 Å². The summed E-state index contributed by atoms with van der Waals surface area (Å²) in [4.78, 5) is 14.8. The molecule has 0 spiro atoms. The smallest absolute Gasteiger partial charge is 0.223 e. The minimum atomic E-state index is 0. The lowest BCUT2D eigenvalue weighted by Gasteiger charge is -2.30. The number of benzene rings is 1. The zero-order chi connectivity index (χ0) is 16.7. The molecule has 0 aliphatic heterocycles. The minimum Gasteiger partial charge on any atom is -0.354 e. The predicted molar refractivity (Wildman–Crippen MR) is 110 cm³/mol. The van der Waals surface area contributed by atoms with Gasteiger partial charge in [0.25, 0.3) is 0 Å². The summed E-state index contributed by atoms with van der Waals surface area (Å²) in [6, 6.07) is 11.1. The lowest BCUT2D eigenvalue weighted by molar-refractivity contribution is -0.125. The van der Waals surface area contributed by atoms with E-state index in [1.165, 1.54) is 5.56 Å². The third kappa shape index (κ3) is 7.53. The van der Waals surface area contributed by atoms with E-state index in [-0.39, 0.29) is 42.7 Å². The molecule has 1 aliphatic rings. The molecular weight excluding hydrogens is 357 g/mol. The van der Waals surface area contributed by atoms with E-state index >= 15 is 0 Å². The summed E-state index contributed by atoms with van der Waals surface area (Å²) < 4.78 is 0. The van der Waals surface area contributed by atoms with Gasteiger partial charge < -0.3 is 11.1 Å². The van der Waals surface area contributed by atoms with Crippen LogP contribution in [0.5, 0.6) is 0 Å². The van der Waals surface area contributed by atoms with E-state index in [0.29, 0.717) is 12.6 Å². The van der Waals surface area contributed by atoms with Crippen molar-refractivity contribution < 1.29 is 4.79 Å². The predicted octanol–water partition coefficient (Wildman–Crippen LogP) is 3.03. The van der Waals surface area contributed by atoms with Crippen LogP contribution in [0.15, 0.2) is 30.3 Å². The molecule has 144 valence electrons. The first-order valence-electron chi connectivity index (χ1n) is 8.95. The number of hydrogen-bond donors (Lipinski definition) is 2. The molecule has 3 N–H and O–H groups in total. The van der Waals surface area contributed by atoms with Gasteiger partial charge in [0.1, 0.15) is 0 Å². The average molecular weight is 390 g/mol. The SMILES string of the molecule is CCN(CC)C(CNC(=O)C1CCC(N)C1)Cc1ccccc1.Cl.Cl. The second kappa shape index (κ2) is 12.5. The topological polar surface area (TPSA) is 58.4 Å². The molecular formula is C19H33Cl2N3O. The van der Waals surface area contributed by atoms with E-state index < -0.39 is 0 Å². The number of nitrogens with zero attached hydrogens (tertiary/aromatic N) is 1. The van der Waals surface area contributed by atoms with Crippen LogP contribution in [0.25, 0.3) is 0 Å². The second-order valence-electron chi connectivity index (χ2n) is 6.58. The van der Waals surface area contributed by atoms with Crippen LogP contribution in [0, 0.1) is 5.92 Å². The van der Waals surface area contributed by atoms with Crippen LogP contribution < -0.4 is 11.1 Å². The molecule has 1 aromatic carbocycles. The molecule has 1 aliphatic carbocycles. The van der Waals surface area contributed by atoms with Crippen LogP contribution in [0.3, 0.4) is 0 Å². The highest BCUT2D eigenvalue weighted by atomic mass is 35.5. The number of hydrogen-bond acceptors (Lipinski definition) is 3. The summed E-state index contributed by atoms with van der Waals surface area (Å²) >= 11 is 0. The van der Waals surface area contributed by atoms with Crippen LogP contribution in [0.2, 0.25) is 0 Å². The van der Waals surface area contributed by atoms with E-state index in [9.17, 15) is 4.79 Å². The lowest BCUT2D eigenvalue weighted by Crippen LogP contribution is -2.46. The molecule has 0 saturated heterocycles. The van der Waals surface area contributed by atoms with Crippen molar-refractivity contribution in [3.63, 3.8) is 0 Å². The van der Waals surface area contributed by atoms with Gasteiger partial charge in [-0.2, -0.15) is 0 Å². The van der Waals surface area contributed by atoms with Gasteiger partial charge in [0, 0.05) is 24.5 Å². The van der Waals surface area contributed by atoms with Crippen LogP contribution in [-0.4, -0.2) is 42.5 Å². The summed E-state index contributed by atoms with van der Waals surface area (Å²) in [7, 11) is 0. The molecule has 0 aromatic heterocycles. The Kier molecular flexibility index (Phi) is 12.1. The molecule has 0 radical (unpaired) electrons. The molecule has 4 nitrogen and oxygen atoms in total. The zero-order valence-corrected chi connectivity index (χ0v) is 17.0. The largest absolute Gasteiger partial charge is 0.354 e. The van der Waals surface area contributed by atoms with Crippen LogP contribution in [-0.2, 0) is 11.2 Å². The molecule has 1 fully saturated rings. The minimum absolute atomic E-state index is 0. The first kappa shape index (κ1) is 24.2. The first-order valence-corrected chi connectivity index (χ1v) is 8.95. The van der Waals surface area contributed by atoms with E-state index in [1.54, 1.807) is 0 Å². The van der Waals surface area contributed by atoms with Crippen molar-refractivity contribution in [1.82, 2.24) is 10.2 Å². The van der Waals surface area contributed by atoms with Gasteiger partial charge in [-0.05, 0) is 44.3 Å². The highest BCUT2D eigenvalue weighted by Gasteiger charge is 2.28. The number of nitrogens with one attached hydrogen (secondary N) is 1. The van der Waals surface area contributed by atoms with Gasteiger partial charge in [0.05, 0.1) is 0 Å². The Morgan fingerprint density at radius 2 is 1.84 bits per heavy atom. The van der Waals surface area contributed by atoms with Crippen molar-refractivity contribution in [2.75, 3.05) is 19.6 Å². The average Bonchev–Trinajstić information content (AvgIpc) is 3.00. The Balaban J connectivity index is 0.00000288. The Morgan fingerprint density at radius 3 is 2.36 bits per heavy atom. The normalized spacial score (nSPS) is 20.5. The van der Waals surface area contributed by atoms with E-state index in [4.69, 9.17) is 5.73 Å². The molecule has 0 bridgehead atoms. The molecule has 1 saturated carbocycles. The van der Waals surface area contributed by atoms with Gasteiger partial charge in [-0.15, -0.1) is 24.8 Å². The van der Waals surface area contributed by atoms with Gasteiger partial charge in [-0.3, -0.25) is 9.69 Å². The number of carbonyl (C=O) groups excluding carboxylic acids is 1. The van der Waals surface area contributed by atoms with Gasteiger partial charge in [0.15, 0.2) is 0 Å². The van der Waals surface area contributed by atoms with Crippen LogP contribution in [0.1, 0.15) is 38.7 Å². The maximum Gasteiger partial charge on any atom is 0.223 e. The molecule has 0 heterocycles.